The predicted molar refractivity (Wildman–Crippen MR) is 100 cm³/mol. The van der Waals surface area contributed by atoms with Crippen LogP contribution in [-0.4, -0.2) is 29.8 Å². The molecular formula is C20H27N3O. The Morgan fingerprint density at radius 3 is 2.58 bits per heavy atom. The van der Waals surface area contributed by atoms with Crippen LogP contribution in [0.1, 0.15) is 38.2 Å². The van der Waals surface area contributed by atoms with E-state index in [0.717, 1.165) is 38.2 Å². The molecule has 0 saturated heterocycles. The summed E-state index contributed by atoms with van der Waals surface area (Å²) in [6.07, 6.45) is 3.63. The summed E-state index contributed by atoms with van der Waals surface area (Å²) >= 11 is 0. The molecule has 4 heteroatoms. The Morgan fingerprint density at radius 2 is 1.83 bits per heavy atom. The van der Waals surface area contributed by atoms with E-state index in [1.165, 1.54) is 16.3 Å². The Balaban J connectivity index is 1.65. The minimum Gasteiger partial charge on any atom is -0.393 e. The van der Waals surface area contributed by atoms with Crippen LogP contribution < -0.4 is 10.6 Å². The van der Waals surface area contributed by atoms with Crippen molar-refractivity contribution >= 4 is 16.7 Å². The van der Waals surface area contributed by atoms with Crippen molar-refractivity contribution in [2.45, 2.75) is 51.3 Å². The molecular weight excluding hydrogens is 298 g/mol. The van der Waals surface area contributed by atoms with Crippen LogP contribution in [0.4, 0.5) is 0 Å². The van der Waals surface area contributed by atoms with Gasteiger partial charge in [0.15, 0.2) is 5.96 Å². The lowest BCUT2D eigenvalue weighted by atomic mass is 9.93. The molecule has 4 nitrogen and oxygen atoms in total. The highest BCUT2D eigenvalue weighted by Crippen LogP contribution is 2.18. The minimum atomic E-state index is -0.125. The molecule has 0 radical (unpaired) electrons. The highest BCUT2D eigenvalue weighted by molar-refractivity contribution is 5.83. The van der Waals surface area contributed by atoms with Gasteiger partial charge in [-0.3, -0.25) is 0 Å². The van der Waals surface area contributed by atoms with Crippen molar-refractivity contribution in [2.75, 3.05) is 6.54 Å². The standard InChI is InChI=1S/C20H27N3O/c1-2-21-20(23-18-9-11-19(24)12-10-18)22-14-15-7-8-16-5-3-4-6-17(16)13-15/h3-8,13,18-19,24H,2,9-12,14H2,1H3,(H2,21,22,23). The summed E-state index contributed by atoms with van der Waals surface area (Å²) in [5.41, 5.74) is 1.21. The predicted octanol–water partition coefficient (Wildman–Crippen LogP) is 3.20. The fourth-order valence-corrected chi connectivity index (χ4v) is 3.24. The monoisotopic (exact) mass is 325 g/mol. The topological polar surface area (TPSA) is 56.7 Å². The first-order chi connectivity index (χ1) is 11.7. The van der Waals surface area contributed by atoms with Crippen LogP contribution in [0.15, 0.2) is 47.5 Å². The smallest absolute Gasteiger partial charge is 0.191 e. The number of fused-ring (bicyclic) bond motifs is 1. The summed E-state index contributed by atoms with van der Waals surface area (Å²) in [6, 6.07) is 15.3. The normalized spacial score (nSPS) is 21.7. The Bertz CT molecular complexity index is 690. The molecule has 0 aromatic heterocycles. The number of aliphatic hydroxyl groups is 1. The van der Waals surface area contributed by atoms with E-state index in [-0.39, 0.29) is 6.10 Å². The lowest BCUT2D eigenvalue weighted by Gasteiger charge is -2.27. The summed E-state index contributed by atoms with van der Waals surface area (Å²) in [5.74, 6) is 0.868. The zero-order valence-corrected chi connectivity index (χ0v) is 14.3. The van der Waals surface area contributed by atoms with Crippen molar-refractivity contribution in [3.8, 4) is 0 Å². The third-order valence-corrected chi connectivity index (χ3v) is 4.62. The maximum Gasteiger partial charge on any atom is 0.191 e. The number of hydrogen-bond acceptors (Lipinski definition) is 2. The van der Waals surface area contributed by atoms with Gasteiger partial charge in [-0.25, -0.2) is 4.99 Å². The second-order valence-electron chi connectivity index (χ2n) is 6.53. The molecule has 128 valence electrons. The van der Waals surface area contributed by atoms with Crippen molar-refractivity contribution in [2.24, 2.45) is 4.99 Å². The van der Waals surface area contributed by atoms with Gasteiger partial charge < -0.3 is 15.7 Å². The molecule has 0 heterocycles. The first kappa shape index (κ1) is 16.8. The number of hydrogen-bond donors (Lipinski definition) is 3. The molecule has 2 aromatic rings. The van der Waals surface area contributed by atoms with Crippen molar-refractivity contribution < 1.29 is 5.11 Å². The van der Waals surface area contributed by atoms with Gasteiger partial charge in [0.05, 0.1) is 12.6 Å². The average Bonchev–Trinajstić information content (AvgIpc) is 2.61. The van der Waals surface area contributed by atoms with Crippen molar-refractivity contribution in [1.29, 1.82) is 0 Å². The number of nitrogens with one attached hydrogen (secondary N) is 2. The van der Waals surface area contributed by atoms with E-state index >= 15 is 0 Å². The van der Waals surface area contributed by atoms with Crippen molar-refractivity contribution in [1.82, 2.24) is 10.6 Å². The van der Waals surface area contributed by atoms with Gasteiger partial charge in [-0.05, 0) is 55.0 Å². The second-order valence-corrected chi connectivity index (χ2v) is 6.53. The molecule has 2 aromatic carbocycles. The average molecular weight is 325 g/mol. The number of aliphatic hydroxyl groups excluding tert-OH is 1. The first-order valence-electron chi connectivity index (χ1n) is 8.95. The van der Waals surface area contributed by atoms with Gasteiger partial charge in [-0.15, -0.1) is 0 Å². The van der Waals surface area contributed by atoms with Gasteiger partial charge in [0.2, 0.25) is 0 Å². The molecule has 0 amide bonds. The van der Waals surface area contributed by atoms with E-state index in [1.807, 2.05) is 0 Å². The molecule has 0 aliphatic heterocycles. The third-order valence-electron chi connectivity index (χ3n) is 4.62. The largest absolute Gasteiger partial charge is 0.393 e. The summed E-state index contributed by atoms with van der Waals surface area (Å²) in [5, 5.41) is 19.0. The number of aliphatic imine (C=N–C) groups is 1. The van der Waals surface area contributed by atoms with Crippen LogP contribution in [0.25, 0.3) is 10.8 Å². The third kappa shape index (κ3) is 4.48. The SMILES string of the molecule is CCNC(=NCc1ccc2ccccc2c1)NC1CCC(O)CC1. The molecule has 1 fully saturated rings. The Kier molecular flexibility index (Phi) is 5.70. The zero-order valence-electron chi connectivity index (χ0n) is 14.3. The van der Waals surface area contributed by atoms with Crippen LogP contribution in [0, 0.1) is 0 Å². The number of guanidine groups is 1. The summed E-state index contributed by atoms with van der Waals surface area (Å²) in [6.45, 7) is 3.59. The molecule has 1 saturated carbocycles. The Hall–Kier alpha value is -2.07. The van der Waals surface area contributed by atoms with E-state index in [1.54, 1.807) is 0 Å². The van der Waals surface area contributed by atoms with Crippen LogP contribution in [0.5, 0.6) is 0 Å². The summed E-state index contributed by atoms with van der Waals surface area (Å²) in [7, 11) is 0. The highest BCUT2D eigenvalue weighted by atomic mass is 16.3. The Morgan fingerprint density at radius 1 is 1.08 bits per heavy atom. The van der Waals surface area contributed by atoms with E-state index in [0.29, 0.717) is 12.6 Å². The summed E-state index contributed by atoms with van der Waals surface area (Å²) in [4.78, 5) is 4.74. The lowest BCUT2D eigenvalue weighted by molar-refractivity contribution is 0.120. The van der Waals surface area contributed by atoms with Gasteiger partial charge in [-0.2, -0.15) is 0 Å². The van der Waals surface area contributed by atoms with Gasteiger partial charge in [0.1, 0.15) is 0 Å². The molecule has 1 aliphatic carbocycles. The Labute approximate surface area is 144 Å². The van der Waals surface area contributed by atoms with Crippen molar-refractivity contribution in [3.05, 3.63) is 48.0 Å². The molecule has 3 N–H and O–H groups in total. The quantitative estimate of drug-likeness (QED) is 0.598. The molecule has 1 aliphatic rings. The van der Waals surface area contributed by atoms with E-state index in [9.17, 15) is 5.11 Å². The maximum atomic E-state index is 9.63. The van der Waals surface area contributed by atoms with E-state index in [4.69, 9.17) is 4.99 Å². The van der Waals surface area contributed by atoms with E-state index < -0.39 is 0 Å². The molecule has 0 bridgehead atoms. The van der Waals surface area contributed by atoms with Crippen molar-refractivity contribution in [3.63, 3.8) is 0 Å². The first-order valence-corrected chi connectivity index (χ1v) is 8.95. The maximum absolute atomic E-state index is 9.63. The summed E-state index contributed by atoms with van der Waals surface area (Å²) < 4.78 is 0. The lowest BCUT2D eigenvalue weighted by Crippen LogP contribution is -2.45. The second kappa shape index (κ2) is 8.15. The number of rotatable bonds is 4. The van der Waals surface area contributed by atoms with Gasteiger partial charge in [0, 0.05) is 12.6 Å². The fraction of sp³-hybridized carbons (Fsp3) is 0.450. The van der Waals surface area contributed by atoms with Crippen LogP contribution >= 0.6 is 0 Å². The van der Waals surface area contributed by atoms with E-state index in [2.05, 4.69) is 60.0 Å². The van der Waals surface area contributed by atoms with Gasteiger partial charge in [0.25, 0.3) is 0 Å². The molecule has 0 unspecified atom stereocenters. The van der Waals surface area contributed by atoms with Crippen LogP contribution in [0.3, 0.4) is 0 Å². The van der Waals surface area contributed by atoms with Crippen LogP contribution in [-0.2, 0) is 6.54 Å². The van der Waals surface area contributed by atoms with Gasteiger partial charge >= 0.3 is 0 Å². The minimum absolute atomic E-state index is 0.125. The number of benzene rings is 2. The van der Waals surface area contributed by atoms with Crippen LogP contribution in [0.2, 0.25) is 0 Å². The molecule has 3 rings (SSSR count). The molecule has 0 atom stereocenters. The highest BCUT2D eigenvalue weighted by Gasteiger charge is 2.19. The zero-order chi connectivity index (χ0) is 16.8. The number of nitrogens with zero attached hydrogens (tertiary/aromatic N) is 1. The molecule has 24 heavy (non-hydrogen) atoms. The van der Waals surface area contributed by atoms with Gasteiger partial charge in [-0.1, -0.05) is 36.4 Å². The molecule has 0 spiro atoms. The fourth-order valence-electron chi connectivity index (χ4n) is 3.24.